The number of rotatable bonds is 6. The molecule has 0 saturated heterocycles. The number of hydrogen-bond donors (Lipinski definition) is 0. The number of furan rings is 2. The molecule has 2 heterocycles. The molecule has 0 aliphatic heterocycles. The van der Waals surface area contributed by atoms with E-state index in [0.717, 1.165) is 71.6 Å². The van der Waals surface area contributed by atoms with Gasteiger partial charge in [-0.1, -0.05) is 115 Å². The minimum Gasteiger partial charge on any atom is -0.472 e. The van der Waals surface area contributed by atoms with Crippen molar-refractivity contribution in [3.63, 3.8) is 0 Å². The van der Waals surface area contributed by atoms with E-state index in [1.165, 1.54) is 0 Å². The molecule has 0 amide bonds. The van der Waals surface area contributed by atoms with Gasteiger partial charge in [-0.25, -0.2) is 4.79 Å². The van der Waals surface area contributed by atoms with E-state index in [-0.39, 0.29) is 5.97 Å². The highest BCUT2D eigenvalue weighted by molar-refractivity contribution is 6.07. The van der Waals surface area contributed by atoms with Gasteiger partial charge in [0.25, 0.3) is 0 Å². The molecule has 2 unspecified atom stereocenters. The lowest BCUT2D eigenvalue weighted by atomic mass is 9.71. The summed E-state index contributed by atoms with van der Waals surface area (Å²) >= 11 is 0. The van der Waals surface area contributed by atoms with Crippen molar-refractivity contribution in [2.24, 2.45) is 5.41 Å². The van der Waals surface area contributed by atoms with E-state index in [2.05, 4.69) is 48.5 Å². The number of ether oxygens (including phenoxy) is 2. The summed E-state index contributed by atoms with van der Waals surface area (Å²) in [4.78, 5) is 28.9. The normalized spacial score (nSPS) is 18.2. The predicted molar refractivity (Wildman–Crippen MR) is 221 cm³/mol. The van der Waals surface area contributed by atoms with Gasteiger partial charge in [0.15, 0.2) is 11.4 Å². The van der Waals surface area contributed by atoms with Crippen LogP contribution in [-0.2, 0) is 30.3 Å². The third kappa shape index (κ3) is 4.96. The summed E-state index contributed by atoms with van der Waals surface area (Å²) in [5.41, 5.74) is 5.44. The molecule has 0 saturated carbocycles. The molecule has 6 heteroatoms. The predicted octanol–water partition coefficient (Wildman–Crippen LogP) is 12.0. The molecule has 278 valence electrons. The van der Waals surface area contributed by atoms with Gasteiger partial charge in [-0.05, 0) is 101 Å². The Labute approximate surface area is 330 Å². The fraction of sp³-hybridized carbons (Fsp3) is 0.137. The molecule has 0 spiro atoms. The molecule has 57 heavy (non-hydrogen) atoms. The second kappa shape index (κ2) is 12.6. The molecule has 2 aliphatic carbocycles. The largest absolute Gasteiger partial charge is 0.472 e. The van der Waals surface area contributed by atoms with Crippen molar-refractivity contribution in [1.29, 1.82) is 0 Å². The average molecular weight is 747 g/mol. The maximum Gasteiger partial charge on any atom is 0.335 e. The first-order valence-electron chi connectivity index (χ1n) is 19.1. The van der Waals surface area contributed by atoms with Crippen molar-refractivity contribution in [3.05, 3.63) is 197 Å². The van der Waals surface area contributed by atoms with Crippen molar-refractivity contribution in [2.75, 3.05) is 0 Å². The number of carbonyl (C=O) groups is 2. The zero-order chi connectivity index (χ0) is 39.1. The van der Waals surface area contributed by atoms with Crippen molar-refractivity contribution >= 4 is 39.6 Å². The topological polar surface area (TPSA) is 78.9 Å². The zero-order valence-electron chi connectivity index (χ0n) is 32.0. The molecular formula is C51H38O6. The number of esters is 2. The van der Waals surface area contributed by atoms with Crippen molar-refractivity contribution in [2.45, 2.75) is 38.9 Å². The Morgan fingerprint density at radius 2 is 1.21 bits per heavy atom. The van der Waals surface area contributed by atoms with E-state index < -0.39 is 22.6 Å². The van der Waals surface area contributed by atoms with Crippen molar-refractivity contribution < 1.29 is 27.9 Å². The molecule has 0 fully saturated rings. The third-order valence-electron chi connectivity index (χ3n) is 11.5. The van der Waals surface area contributed by atoms with Crippen LogP contribution in [0.3, 0.4) is 0 Å². The quantitative estimate of drug-likeness (QED) is 0.124. The van der Waals surface area contributed by atoms with Gasteiger partial charge in [-0.2, -0.15) is 0 Å². The van der Waals surface area contributed by atoms with Crippen LogP contribution in [0.2, 0.25) is 0 Å². The lowest BCUT2D eigenvalue weighted by Gasteiger charge is -2.40. The maximum atomic E-state index is 14.9. The Bertz CT molecular complexity index is 2930. The number of carbonyl (C=O) groups excluding carboxylic acids is 2. The Morgan fingerprint density at radius 1 is 0.596 bits per heavy atom. The molecule has 6 nitrogen and oxygen atoms in total. The van der Waals surface area contributed by atoms with Gasteiger partial charge in [-0.15, -0.1) is 0 Å². The van der Waals surface area contributed by atoms with Gasteiger partial charge < -0.3 is 18.3 Å². The molecule has 8 aromatic rings. The fourth-order valence-corrected chi connectivity index (χ4v) is 8.95. The van der Waals surface area contributed by atoms with Crippen molar-refractivity contribution in [1.82, 2.24) is 0 Å². The Hall–Kier alpha value is -6.92. The fourth-order valence-electron chi connectivity index (χ4n) is 8.95. The monoisotopic (exact) mass is 746 g/mol. The lowest BCUT2D eigenvalue weighted by molar-refractivity contribution is -0.164. The van der Waals surface area contributed by atoms with Gasteiger partial charge in [0.05, 0.1) is 24.2 Å². The first-order valence-corrected chi connectivity index (χ1v) is 19.1. The molecule has 0 N–H and O–H groups in total. The molecule has 6 aromatic carbocycles. The van der Waals surface area contributed by atoms with Gasteiger partial charge in [0, 0.05) is 33.4 Å². The molecule has 2 aliphatic rings. The molecular weight excluding hydrogens is 709 g/mol. The van der Waals surface area contributed by atoms with Crippen LogP contribution in [0, 0.1) is 5.41 Å². The number of hydrogen-bond acceptors (Lipinski definition) is 6. The summed E-state index contributed by atoms with van der Waals surface area (Å²) in [5, 5.41) is 4.00. The van der Waals surface area contributed by atoms with Crippen LogP contribution >= 0.6 is 0 Å². The number of fused-ring (bicyclic) bond motifs is 4. The van der Waals surface area contributed by atoms with E-state index in [9.17, 15) is 9.59 Å². The summed E-state index contributed by atoms with van der Waals surface area (Å²) in [7, 11) is 0. The summed E-state index contributed by atoms with van der Waals surface area (Å²) in [6.45, 7) is 7.32. The van der Waals surface area contributed by atoms with Crippen LogP contribution in [0.15, 0.2) is 167 Å². The van der Waals surface area contributed by atoms with E-state index in [0.29, 0.717) is 16.9 Å². The summed E-state index contributed by atoms with van der Waals surface area (Å²) in [5.74, 6) is -0.394. The summed E-state index contributed by atoms with van der Waals surface area (Å²) in [6, 6.07) is 44.2. The van der Waals surface area contributed by atoms with Crippen LogP contribution in [0.1, 0.15) is 66.8 Å². The Kier molecular flexibility index (Phi) is 7.61. The first kappa shape index (κ1) is 34.6. The van der Waals surface area contributed by atoms with Gasteiger partial charge in [0.1, 0.15) is 0 Å². The molecule has 2 aromatic heterocycles. The smallest absolute Gasteiger partial charge is 0.335 e. The maximum absolute atomic E-state index is 14.9. The zero-order valence-corrected chi connectivity index (χ0v) is 32.0. The number of benzene rings is 6. The second-order valence-corrected chi connectivity index (χ2v) is 15.9. The minimum atomic E-state index is -1.42. The minimum absolute atomic E-state index is 0.379. The highest BCUT2D eigenvalue weighted by Crippen LogP contribution is 2.56. The molecule has 0 radical (unpaired) electrons. The van der Waals surface area contributed by atoms with E-state index in [1.54, 1.807) is 25.7 Å². The van der Waals surface area contributed by atoms with Crippen LogP contribution in [0.4, 0.5) is 0 Å². The van der Waals surface area contributed by atoms with E-state index >= 15 is 0 Å². The average Bonchev–Trinajstić information content (AvgIpc) is 3.97. The van der Waals surface area contributed by atoms with Crippen LogP contribution in [-0.4, -0.2) is 11.9 Å². The van der Waals surface area contributed by atoms with Crippen LogP contribution in [0.5, 0.6) is 0 Å². The van der Waals surface area contributed by atoms with Gasteiger partial charge in [0.2, 0.25) is 5.60 Å². The molecule has 2 atom stereocenters. The van der Waals surface area contributed by atoms with Crippen molar-refractivity contribution in [3.8, 4) is 22.3 Å². The van der Waals surface area contributed by atoms with Gasteiger partial charge >= 0.3 is 11.9 Å². The summed E-state index contributed by atoms with van der Waals surface area (Å²) in [6.07, 6.45) is 6.75. The standard InChI is InChI=1S/C51H38O6/c1-31(47(52)56-50(35-26-28-54-30-35)39-21-6-5-18-36(39)37-19-7-13-32-15-9-22-40(50)44(32)37)29-34-17-11-24-42-46(34)38-20-8-14-33-16-10-23-41(45(33)38)51(42,43-25-12-27-55-43)57-48(53)49(2,3)4/h5-30H,1-4H3/b31-29+. The Balaban J connectivity index is 1.18. The van der Waals surface area contributed by atoms with Crippen LogP contribution in [0.25, 0.3) is 49.9 Å². The van der Waals surface area contributed by atoms with Crippen LogP contribution < -0.4 is 0 Å². The first-order chi connectivity index (χ1) is 27.6. The SMILES string of the molecule is C/C(=C\c1cccc2c1-c1cccc3cccc(c13)C2(OC(=O)C(C)(C)C)c1ccco1)C(=O)OC1(c2ccoc2)c2ccccc2-c2cccc3cccc1c23. The highest BCUT2D eigenvalue weighted by Gasteiger charge is 2.51. The van der Waals surface area contributed by atoms with E-state index in [1.807, 2.05) is 112 Å². The Morgan fingerprint density at radius 3 is 1.89 bits per heavy atom. The van der Waals surface area contributed by atoms with E-state index in [4.69, 9.17) is 18.3 Å². The third-order valence-corrected chi connectivity index (χ3v) is 11.5. The van der Waals surface area contributed by atoms with Gasteiger partial charge in [-0.3, -0.25) is 4.79 Å². The molecule has 10 rings (SSSR count). The second-order valence-electron chi connectivity index (χ2n) is 15.9. The molecule has 0 bridgehead atoms. The highest BCUT2D eigenvalue weighted by atomic mass is 16.6. The lowest BCUT2D eigenvalue weighted by Crippen LogP contribution is -2.40. The summed E-state index contributed by atoms with van der Waals surface area (Å²) < 4.78 is 25.6.